The topological polar surface area (TPSA) is 98.5 Å². The van der Waals surface area contributed by atoms with Crippen molar-refractivity contribution in [2.24, 2.45) is 0 Å². The van der Waals surface area contributed by atoms with E-state index in [1.54, 1.807) is 54.6 Å². The summed E-state index contributed by atoms with van der Waals surface area (Å²) in [4.78, 5) is 40.7. The maximum atomic E-state index is 12.3. The van der Waals surface area contributed by atoms with Crippen molar-refractivity contribution in [2.75, 3.05) is 17.7 Å². The van der Waals surface area contributed by atoms with E-state index in [-0.39, 0.29) is 24.1 Å². The highest BCUT2D eigenvalue weighted by Gasteiger charge is 2.13. The Morgan fingerprint density at radius 2 is 1.59 bits per heavy atom. The maximum absolute atomic E-state index is 12.3. The van der Waals surface area contributed by atoms with Gasteiger partial charge in [0.1, 0.15) is 11.3 Å². The molecular weight excluding hydrogens is 428 g/mol. The van der Waals surface area contributed by atoms with E-state index in [1.165, 1.54) is 0 Å². The van der Waals surface area contributed by atoms with Crippen molar-refractivity contribution in [3.8, 4) is 0 Å². The van der Waals surface area contributed by atoms with E-state index in [2.05, 4.69) is 10.3 Å². The van der Waals surface area contributed by atoms with Crippen molar-refractivity contribution in [2.45, 2.75) is 5.22 Å². The second-order valence-corrected chi connectivity index (χ2v) is 7.64. The molecule has 1 N–H and O–H groups in total. The van der Waals surface area contributed by atoms with Crippen LogP contribution in [0.5, 0.6) is 0 Å². The highest BCUT2D eigenvalue weighted by atomic mass is 32.2. The van der Waals surface area contributed by atoms with Gasteiger partial charge in [0, 0.05) is 16.8 Å². The number of fused-ring (bicyclic) bond motifs is 1. The number of para-hydroxylation sites is 2. The van der Waals surface area contributed by atoms with Gasteiger partial charge >= 0.3 is 5.97 Å². The number of carbonyl (C=O) groups is 3. The molecule has 8 heteroatoms. The lowest BCUT2D eigenvalue weighted by Gasteiger charge is -2.07. The Morgan fingerprint density at radius 3 is 2.34 bits per heavy atom. The van der Waals surface area contributed by atoms with Gasteiger partial charge in [-0.15, -0.1) is 0 Å². The molecule has 0 aliphatic rings. The minimum Gasteiger partial charge on any atom is -0.457 e. The number of Topliss-reactive ketones (excluding diaryl/α,β-unsaturated/α-hetero) is 1. The predicted octanol–water partition coefficient (Wildman–Crippen LogP) is 4.60. The number of hydrogen-bond donors (Lipinski definition) is 1. The van der Waals surface area contributed by atoms with E-state index >= 15 is 0 Å². The van der Waals surface area contributed by atoms with Crippen LogP contribution in [0, 0.1) is 0 Å². The van der Waals surface area contributed by atoms with Crippen molar-refractivity contribution < 1.29 is 23.5 Å². The van der Waals surface area contributed by atoms with Gasteiger partial charge in [-0.1, -0.05) is 42.1 Å². The summed E-state index contributed by atoms with van der Waals surface area (Å²) in [5.74, 6) is -1.15. The van der Waals surface area contributed by atoms with E-state index in [1.807, 2.05) is 24.3 Å². The first-order chi connectivity index (χ1) is 15.6. The number of amides is 1. The first-order valence-corrected chi connectivity index (χ1v) is 10.7. The fourth-order valence-electron chi connectivity index (χ4n) is 2.84. The highest BCUT2D eigenvalue weighted by Crippen LogP contribution is 2.23. The van der Waals surface area contributed by atoms with Crippen molar-refractivity contribution in [3.05, 3.63) is 90.0 Å². The van der Waals surface area contributed by atoms with Crippen molar-refractivity contribution in [1.82, 2.24) is 4.98 Å². The molecule has 0 atom stereocenters. The molecule has 4 rings (SSSR count). The molecule has 0 saturated carbocycles. The minimum absolute atomic E-state index is 0.0233. The van der Waals surface area contributed by atoms with Crippen LogP contribution in [0.1, 0.15) is 20.7 Å². The van der Waals surface area contributed by atoms with Crippen LogP contribution in [0.15, 0.2) is 88.5 Å². The largest absolute Gasteiger partial charge is 0.457 e. The highest BCUT2D eigenvalue weighted by molar-refractivity contribution is 7.99. The summed E-state index contributed by atoms with van der Waals surface area (Å²) in [6.45, 7) is -0.372. The number of oxazole rings is 1. The molecule has 0 bridgehead atoms. The summed E-state index contributed by atoms with van der Waals surface area (Å²) < 4.78 is 10.6. The maximum Gasteiger partial charge on any atom is 0.316 e. The average Bonchev–Trinajstić information content (AvgIpc) is 3.25. The summed E-state index contributed by atoms with van der Waals surface area (Å²) in [6.07, 6.45) is 0. The normalized spacial score (nSPS) is 10.6. The summed E-state index contributed by atoms with van der Waals surface area (Å²) in [5, 5.41) is 3.13. The summed E-state index contributed by atoms with van der Waals surface area (Å²) in [7, 11) is 0. The molecule has 0 fully saturated rings. The quantitative estimate of drug-likeness (QED) is 0.240. The van der Waals surface area contributed by atoms with Gasteiger partial charge in [-0.25, -0.2) is 4.98 Å². The van der Waals surface area contributed by atoms with Gasteiger partial charge in [0.25, 0.3) is 11.1 Å². The van der Waals surface area contributed by atoms with Crippen LogP contribution < -0.4 is 5.32 Å². The van der Waals surface area contributed by atoms with Gasteiger partial charge in [-0.2, -0.15) is 0 Å². The summed E-state index contributed by atoms with van der Waals surface area (Å²) in [5.41, 5.74) is 2.82. The van der Waals surface area contributed by atoms with Crippen molar-refractivity contribution in [1.29, 1.82) is 0 Å². The second-order valence-electron chi connectivity index (χ2n) is 6.72. The Hall–Kier alpha value is -3.91. The number of aromatic nitrogens is 1. The van der Waals surface area contributed by atoms with Crippen LogP contribution in [-0.2, 0) is 9.53 Å². The van der Waals surface area contributed by atoms with Crippen LogP contribution in [0.2, 0.25) is 0 Å². The molecule has 32 heavy (non-hydrogen) atoms. The molecule has 0 radical (unpaired) electrons. The molecule has 0 spiro atoms. The molecule has 3 aromatic carbocycles. The van der Waals surface area contributed by atoms with Crippen LogP contribution >= 0.6 is 11.8 Å². The van der Waals surface area contributed by atoms with E-state index in [9.17, 15) is 14.4 Å². The second kappa shape index (κ2) is 9.93. The molecule has 0 aliphatic carbocycles. The molecule has 160 valence electrons. The smallest absolute Gasteiger partial charge is 0.316 e. The number of hydrogen-bond acceptors (Lipinski definition) is 7. The Morgan fingerprint density at radius 1 is 0.875 bits per heavy atom. The lowest BCUT2D eigenvalue weighted by atomic mass is 10.1. The number of nitrogens with one attached hydrogen (secondary N) is 1. The summed E-state index contributed by atoms with van der Waals surface area (Å²) >= 11 is 1.10. The van der Waals surface area contributed by atoms with Gasteiger partial charge in [0.05, 0.1) is 0 Å². The Balaban J connectivity index is 1.24. The zero-order valence-electron chi connectivity index (χ0n) is 16.8. The number of benzene rings is 3. The molecule has 0 aliphatic heterocycles. The molecule has 0 saturated heterocycles. The number of rotatable bonds is 8. The number of thioether (sulfide) groups is 1. The first-order valence-electron chi connectivity index (χ1n) is 9.72. The zero-order valence-corrected chi connectivity index (χ0v) is 17.6. The van der Waals surface area contributed by atoms with Gasteiger partial charge < -0.3 is 14.5 Å². The minimum atomic E-state index is -0.544. The SMILES string of the molecule is O=C(CSc1nc2ccccc2o1)OCC(=O)c1ccc(NC(=O)c2ccccc2)cc1. The van der Waals surface area contributed by atoms with Gasteiger partial charge in [0.15, 0.2) is 18.0 Å². The average molecular weight is 446 g/mol. The van der Waals surface area contributed by atoms with Crippen molar-refractivity contribution in [3.63, 3.8) is 0 Å². The standard InChI is InChI=1S/C24H18N2O5S/c27-20(14-30-22(28)15-32-24-26-19-8-4-5-9-21(19)31-24)16-10-12-18(13-11-16)25-23(29)17-6-2-1-3-7-17/h1-13H,14-15H2,(H,25,29). The molecular formula is C24H18N2O5S. The van der Waals surface area contributed by atoms with Crippen LogP contribution in [-0.4, -0.2) is 35.0 Å². The van der Waals surface area contributed by atoms with Gasteiger partial charge in [-0.3, -0.25) is 14.4 Å². The summed E-state index contributed by atoms with van der Waals surface area (Å²) in [6, 6.07) is 22.5. The molecule has 1 aromatic heterocycles. The third kappa shape index (κ3) is 5.41. The van der Waals surface area contributed by atoms with E-state index in [0.29, 0.717) is 33.1 Å². The monoisotopic (exact) mass is 446 g/mol. The number of anilines is 1. The van der Waals surface area contributed by atoms with Crippen molar-refractivity contribution >= 4 is 46.2 Å². The van der Waals surface area contributed by atoms with Crippen LogP contribution in [0.25, 0.3) is 11.1 Å². The lowest BCUT2D eigenvalue weighted by molar-refractivity contribution is -0.139. The lowest BCUT2D eigenvalue weighted by Crippen LogP contribution is -2.16. The fraction of sp³-hybridized carbons (Fsp3) is 0.0833. The van der Waals surface area contributed by atoms with E-state index in [4.69, 9.17) is 9.15 Å². The number of nitrogens with zero attached hydrogens (tertiary/aromatic N) is 1. The Bertz CT molecular complexity index is 1220. The molecule has 1 amide bonds. The van der Waals surface area contributed by atoms with Gasteiger partial charge in [0.2, 0.25) is 0 Å². The third-order valence-corrected chi connectivity index (χ3v) is 5.25. The first kappa shape index (κ1) is 21.3. The van der Waals surface area contributed by atoms with E-state index in [0.717, 1.165) is 11.8 Å². The molecule has 1 heterocycles. The van der Waals surface area contributed by atoms with Crippen LogP contribution in [0.3, 0.4) is 0 Å². The van der Waals surface area contributed by atoms with Crippen LogP contribution in [0.4, 0.5) is 5.69 Å². The molecule has 0 unspecified atom stereocenters. The number of ether oxygens (including phenoxy) is 1. The fourth-order valence-corrected chi connectivity index (χ4v) is 3.47. The predicted molar refractivity (Wildman–Crippen MR) is 121 cm³/mol. The Kier molecular flexibility index (Phi) is 6.62. The zero-order chi connectivity index (χ0) is 22.3. The van der Waals surface area contributed by atoms with Gasteiger partial charge in [-0.05, 0) is 48.5 Å². The molecule has 4 aromatic rings. The number of ketones is 1. The number of carbonyl (C=O) groups excluding carboxylic acids is 3. The third-order valence-electron chi connectivity index (χ3n) is 4.45. The van der Waals surface area contributed by atoms with E-state index < -0.39 is 5.97 Å². The molecule has 7 nitrogen and oxygen atoms in total. The number of esters is 1. The Labute approximate surface area is 187 Å².